The Bertz CT molecular complexity index is 799. The van der Waals surface area contributed by atoms with Gasteiger partial charge in [0.15, 0.2) is 0 Å². The Kier molecular flexibility index (Phi) is 3.62. The second-order valence-electron chi connectivity index (χ2n) is 5.40. The van der Waals surface area contributed by atoms with Crippen LogP contribution in [0.3, 0.4) is 0 Å². The molecule has 1 unspecified atom stereocenters. The maximum Gasteiger partial charge on any atom is 0.269 e. The average molecular weight is 300 g/mol. The van der Waals surface area contributed by atoms with Gasteiger partial charge in [-0.3, -0.25) is 19.0 Å². The van der Waals surface area contributed by atoms with Crippen LogP contribution in [0.25, 0.3) is 11.0 Å². The van der Waals surface area contributed by atoms with E-state index in [4.69, 9.17) is 5.73 Å². The Morgan fingerprint density at radius 1 is 1.32 bits per heavy atom. The molecule has 7 heteroatoms. The van der Waals surface area contributed by atoms with Gasteiger partial charge in [-0.1, -0.05) is 12.1 Å². The standard InChI is InChI=1S/C15H16N4O3/c16-15(22)10-5-6-18(8-10)14(21)9-19-12-4-2-1-3-11(12)17-7-13(19)20/h1-4,7,10H,5-6,8-9H2,(H2,16,22). The van der Waals surface area contributed by atoms with Crippen LogP contribution in [0.4, 0.5) is 0 Å². The fourth-order valence-electron chi connectivity index (χ4n) is 2.73. The molecule has 0 saturated carbocycles. The van der Waals surface area contributed by atoms with E-state index in [0.29, 0.717) is 30.5 Å². The van der Waals surface area contributed by atoms with Crippen molar-refractivity contribution in [3.8, 4) is 0 Å². The maximum absolute atomic E-state index is 12.4. The number of hydrogen-bond donors (Lipinski definition) is 1. The van der Waals surface area contributed by atoms with Crippen LogP contribution in [0.1, 0.15) is 6.42 Å². The van der Waals surface area contributed by atoms with Gasteiger partial charge in [0.1, 0.15) is 6.54 Å². The second-order valence-corrected chi connectivity index (χ2v) is 5.40. The number of primary amides is 1. The first-order chi connectivity index (χ1) is 10.6. The molecule has 1 aliphatic heterocycles. The van der Waals surface area contributed by atoms with E-state index in [9.17, 15) is 14.4 Å². The summed E-state index contributed by atoms with van der Waals surface area (Å²) in [7, 11) is 0. The highest BCUT2D eigenvalue weighted by atomic mass is 16.2. The van der Waals surface area contributed by atoms with E-state index in [-0.39, 0.29) is 29.8 Å². The van der Waals surface area contributed by atoms with Gasteiger partial charge in [-0.15, -0.1) is 0 Å². The topological polar surface area (TPSA) is 98.3 Å². The molecule has 1 fully saturated rings. The van der Waals surface area contributed by atoms with Crippen molar-refractivity contribution < 1.29 is 9.59 Å². The smallest absolute Gasteiger partial charge is 0.269 e. The molecule has 0 aliphatic carbocycles. The summed E-state index contributed by atoms with van der Waals surface area (Å²) < 4.78 is 1.41. The van der Waals surface area contributed by atoms with Gasteiger partial charge in [-0.2, -0.15) is 0 Å². The van der Waals surface area contributed by atoms with Crippen molar-refractivity contribution >= 4 is 22.8 Å². The van der Waals surface area contributed by atoms with Crippen molar-refractivity contribution in [2.75, 3.05) is 13.1 Å². The first kappa shape index (κ1) is 14.2. The van der Waals surface area contributed by atoms with Gasteiger partial charge in [-0.25, -0.2) is 4.98 Å². The molecule has 0 spiro atoms. The van der Waals surface area contributed by atoms with Crippen molar-refractivity contribution in [1.29, 1.82) is 0 Å². The molecule has 1 saturated heterocycles. The van der Waals surface area contributed by atoms with Crippen molar-refractivity contribution in [1.82, 2.24) is 14.5 Å². The third-order valence-corrected chi connectivity index (χ3v) is 3.99. The van der Waals surface area contributed by atoms with Gasteiger partial charge in [0.2, 0.25) is 11.8 Å². The number of nitrogens with two attached hydrogens (primary N) is 1. The van der Waals surface area contributed by atoms with Crippen LogP contribution in [0, 0.1) is 5.92 Å². The van der Waals surface area contributed by atoms with E-state index in [0.717, 1.165) is 0 Å². The summed E-state index contributed by atoms with van der Waals surface area (Å²) in [4.78, 5) is 41.2. The third kappa shape index (κ3) is 2.57. The summed E-state index contributed by atoms with van der Waals surface area (Å²) in [6.45, 7) is 0.753. The number of carbonyl (C=O) groups excluding carboxylic acids is 2. The third-order valence-electron chi connectivity index (χ3n) is 3.99. The molecule has 1 atom stereocenters. The monoisotopic (exact) mass is 300 g/mol. The number of aromatic nitrogens is 2. The van der Waals surface area contributed by atoms with Crippen LogP contribution in [0.2, 0.25) is 0 Å². The first-order valence-electron chi connectivity index (χ1n) is 7.08. The number of carbonyl (C=O) groups is 2. The molecule has 2 N–H and O–H groups in total. The molecular formula is C15H16N4O3. The van der Waals surface area contributed by atoms with E-state index in [1.54, 1.807) is 23.1 Å². The number of likely N-dealkylation sites (tertiary alicyclic amines) is 1. The Hall–Kier alpha value is -2.70. The van der Waals surface area contributed by atoms with Crippen molar-refractivity contribution in [2.24, 2.45) is 11.7 Å². The van der Waals surface area contributed by atoms with Crippen LogP contribution in [0.5, 0.6) is 0 Å². The lowest BCUT2D eigenvalue weighted by atomic mass is 10.1. The number of fused-ring (bicyclic) bond motifs is 1. The average Bonchev–Trinajstić information content (AvgIpc) is 3.00. The fraction of sp³-hybridized carbons (Fsp3) is 0.333. The molecule has 2 aromatic rings. The summed E-state index contributed by atoms with van der Waals surface area (Å²) in [6.07, 6.45) is 1.79. The largest absolute Gasteiger partial charge is 0.369 e. The lowest BCUT2D eigenvalue weighted by molar-refractivity contribution is -0.131. The highest BCUT2D eigenvalue weighted by Gasteiger charge is 2.29. The highest BCUT2D eigenvalue weighted by molar-refractivity contribution is 5.82. The lowest BCUT2D eigenvalue weighted by Gasteiger charge is -2.17. The number of hydrogen-bond acceptors (Lipinski definition) is 4. The zero-order valence-corrected chi connectivity index (χ0v) is 11.9. The molecule has 22 heavy (non-hydrogen) atoms. The molecule has 0 bridgehead atoms. The van der Waals surface area contributed by atoms with Gasteiger partial charge in [0, 0.05) is 13.1 Å². The number of nitrogens with zero attached hydrogens (tertiary/aromatic N) is 3. The lowest BCUT2D eigenvalue weighted by Crippen LogP contribution is -2.36. The number of rotatable bonds is 3. The minimum atomic E-state index is -0.387. The summed E-state index contributed by atoms with van der Waals surface area (Å²) >= 11 is 0. The van der Waals surface area contributed by atoms with Gasteiger partial charge >= 0.3 is 0 Å². The predicted octanol–water partition coefficient (Wildman–Crippen LogP) is -0.270. The number of amides is 2. The fourth-order valence-corrected chi connectivity index (χ4v) is 2.73. The van der Waals surface area contributed by atoms with E-state index in [2.05, 4.69) is 4.98 Å². The summed E-state index contributed by atoms with van der Waals surface area (Å²) in [6, 6.07) is 7.16. The minimum absolute atomic E-state index is 0.0622. The molecule has 1 aromatic heterocycles. The van der Waals surface area contributed by atoms with E-state index in [1.807, 2.05) is 6.07 Å². The molecule has 1 aliphatic rings. The van der Waals surface area contributed by atoms with Crippen LogP contribution in [0.15, 0.2) is 35.3 Å². The van der Waals surface area contributed by atoms with Gasteiger partial charge in [-0.05, 0) is 18.6 Å². The van der Waals surface area contributed by atoms with E-state index in [1.165, 1.54) is 10.8 Å². The predicted molar refractivity (Wildman–Crippen MR) is 79.9 cm³/mol. The Balaban J connectivity index is 1.85. The Morgan fingerprint density at radius 2 is 2.09 bits per heavy atom. The molecule has 1 aromatic carbocycles. The molecule has 3 rings (SSSR count). The maximum atomic E-state index is 12.4. The zero-order chi connectivity index (χ0) is 15.7. The van der Waals surface area contributed by atoms with Gasteiger partial charge in [0.25, 0.3) is 5.56 Å². The van der Waals surface area contributed by atoms with Crippen molar-refractivity contribution in [3.05, 3.63) is 40.8 Å². The van der Waals surface area contributed by atoms with Crippen LogP contribution in [-0.2, 0) is 16.1 Å². The SMILES string of the molecule is NC(=O)C1CCN(C(=O)Cn2c(=O)cnc3ccccc32)C1. The normalized spacial score (nSPS) is 17.8. The van der Waals surface area contributed by atoms with E-state index < -0.39 is 0 Å². The van der Waals surface area contributed by atoms with Crippen LogP contribution < -0.4 is 11.3 Å². The van der Waals surface area contributed by atoms with E-state index >= 15 is 0 Å². The van der Waals surface area contributed by atoms with Crippen LogP contribution >= 0.6 is 0 Å². The van der Waals surface area contributed by atoms with Gasteiger partial charge in [0.05, 0.1) is 23.1 Å². The molecule has 114 valence electrons. The number of benzene rings is 1. The Labute approximate surface area is 126 Å². The molecular weight excluding hydrogens is 284 g/mol. The quantitative estimate of drug-likeness (QED) is 0.843. The highest BCUT2D eigenvalue weighted by Crippen LogP contribution is 2.16. The summed E-state index contributed by atoms with van der Waals surface area (Å²) in [5, 5.41) is 0. The first-order valence-corrected chi connectivity index (χ1v) is 7.08. The summed E-state index contributed by atoms with van der Waals surface area (Å²) in [5.74, 6) is -0.876. The molecule has 2 amide bonds. The van der Waals surface area contributed by atoms with Crippen molar-refractivity contribution in [2.45, 2.75) is 13.0 Å². The molecule has 0 radical (unpaired) electrons. The number of para-hydroxylation sites is 2. The molecule has 2 heterocycles. The minimum Gasteiger partial charge on any atom is -0.369 e. The Morgan fingerprint density at radius 3 is 2.82 bits per heavy atom. The summed E-state index contributed by atoms with van der Waals surface area (Å²) in [5.41, 5.74) is 6.23. The zero-order valence-electron chi connectivity index (χ0n) is 11.9. The van der Waals surface area contributed by atoms with Gasteiger partial charge < -0.3 is 10.6 Å². The van der Waals surface area contributed by atoms with Crippen LogP contribution in [-0.4, -0.2) is 39.4 Å². The van der Waals surface area contributed by atoms with Crippen molar-refractivity contribution in [3.63, 3.8) is 0 Å². The molecule has 7 nitrogen and oxygen atoms in total. The second kappa shape index (κ2) is 5.59.